The number of hydrogen-bond acceptors (Lipinski definition) is 4. The summed E-state index contributed by atoms with van der Waals surface area (Å²) < 4.78 is 16.9. The van der Waals surface area contributed by atoms with Gasteiger partial charge in [-0.2, -0.15) is 0 Å². The van der Waals surface area contributed by atoms with Gasteiger partial charge in [0.25, 0.3) is 7.52 Å². The Labute approximate surface area is 128 Å². The number of nitrogens with one attached hydrogen (secondary N) is 2. The van der Waals surface area contributed by atoms with Gasteiger partial charge in [0.2, 0.25) is 0 Å². The van der Waals surface area contributed by atoms with Gasteiger partial charge in [-0.1, -0.05) is 30.3 Å². The van der Waals surface area contributed by atoms with Crippen LogP contribution in [0.1, 0.15) is 19.4 Å². The Morgan fingerprint density at radius 1 is 1.27 bits per heavy atom. The molecule has 0 fully saturated rings. The van der Waals surface area contributed by atoms with Crippen LogP contribution in [0.25, 0.3) is 0 Å². The van der Waals surface area contributed by atoms with Crippen LogP contribution in [0.3, 0.4) is 0 Å². The quantitative estimate of drug-likeness (QED) is 0.558. The summed E-state index contributed by atoms with van der Waals surface area (Å²) in [5.74, 6) is -2.47. The molecule has 0 bridgehead atoms. The molecule has 3 atom stereocenters. The van der Waals surface area contributed by atoms with Gasteiger partial charge in [0.05, 0.1) is 0 Å². The SMILES string of the molecule is CC(NP(=O)(O)C(C)NC(=O)OCc1ccccc1)C(=O)O. The zero-order valence-corrected chi connectivity index (χ0v) is 13.1. The van der Waals surface area contributed by atoms with Gasteiger partial charge >= 0.3 is 12.1 Å². The highest BCUT2D eigenvalue weighted by molar-refractivity contribution is 7.56. The van der Waals surface area contributed by atoms with E-state index >= 15 is 0 Å². The monoisotopic (exact) mass is 330 g/mol. The Hall–Kier alpha value is -1.89. The Morgan fingerprint density at radius 3 is 2.41 bits per heavy atom. The molecule has 8 nitrogen and oxygen atoms in total. The van der Waals surface area contributed by atoms with Crippen LogP contribution in [-0.2, 0) is 20.7 Å². The molecular formula is C13H19N2O6P. The lowest BCUT2D eigenvalue weighted by atomic mass is 10.2. The van der Waals surface area contributed by atoms with E-state index in [2.05, 4.69) is 10.4 Å². The molecule has 0 aliphatic carbocycles. The standard InChI is InChI=1S/C13H19N2O6P/c1-9(12(16)17)15-22(19,20)10(2)14-13(18)21-8-11-6-4-3-5-7-11/h3-7,9-10H,8H2,1-2H3,(H,14,18)(H,16,17)(H2,15,19,20). The third-order valence-corrected chi connectivity index (χ3v) is 4.75. The summed E-state index contributed by atoms with van der Waals surface area (Å²) >= 11 is 0. The number of ether oxygens (including phenoxy) is 1. The van der Waals surface area contributed by atoms with E-state index in [1.807, 2.05) is 6.07 Å². The van der Waals surface area contributed by atoms with Crippen molar-refractivity contribution in [1.29, 1.82) is 0 Å². The molecule has 1 rings (SSSR count). The molecule has 1 aromatic carbocycles. The van der Waals surface area contributed by atoms with Gasteiger partial charge in [-0.05, 0) is 19.4 Å². The highest BCUT2D eigenvalue weighted by Crippen LogP contribution is 2.40. The molecule has 122 valence electrons. The second-order valence-corrected chi connectivity index (χ2v) is 6.97. The van der Waals surface area contributed by atoms with E-state index in [-0.39, 0.29) is 6.61 Å². The summed E-state index contributed by atoms with van der Waals surface area (Å²) in [6, 6.07) is 7.72. The van der Waals surface area contributed by atoms with Crippen LogP contribution in [0.4, 0.5) is 4.79 Å². The number of rotatable bonds is 7. The van der Waals surface area contributed by atoms with Crippen molar-refractivity contribution in [2.75, 3.05) is 0 Å². The maximum Gasteiger partial charge on any atom is 0.408 e. The molecule has 1 aromatic rings. The van der Waals surface area contributed by atoms with Gasteiger partial charge < -0.3 is 20.1 Å². The van der Waals surface area contributed by atoms with E-state index in [9.17, 15) is 19.0 Å². The Balaban J connectivity index is 2.49. The molecular weight excluding hydrogens is 311 g/mol. The third kappa shape index (κ3) is 5.85. The average molecular weight is 330 g/mol. The maximum absolute atomic E-state index is 11.9. The summed E-state index contributed by atoms with van der Waals surface area (Å²) in [4.78, 5) is 32.0. The lowest BCUT2D eigenvalue weighted by Crippen LogP contribution is -2.40. The molecule has 0 radical (unpaired) electrons. The lowest BCUT2D eigenvalue weighted by Gasteiger charge is -2.22. The fourth-order valence-corrected chi connectivity index (χ4v) is 2.64. The highest BCUT2D eigenvalue weighted by Gasteiger charge is 2.32. The molecule has 22 heavy (non-hydrogen) atoms. The first kappa shape index (κ1) is 18.2. The molecule has 4 N–H and O–H groups in total. The van der Waals surface area contributed by atoms with Crippen molar-refractivity contribution < 1.29 is 28.9 Å². The predicted molar refractivity (Wildman–Crippen MR) is 79.3 cm³/mol. The fraction of sp³-hybridized carbons (Fsp3) is 0.385. The van der Waals surface area contributed by atoms with Gasteiger partial charge in [-0.3, -0.25) is 9.36 Å². The number of carboxylic acids is 1. The lowest BCUT2D eigenvalue weighted by molar-refractivity contribution is -0.138. The number of alkyl carbamates (subject to hydrolysis) is 1. The van der Waals surface area contributed by atoms with E-state index in [1.165, 1.54) is 13.8 Å². The largest absolute Gasteiger partial charge is 0.480 e. The van der Waals surface area contributed by atoms with E-state index < -0.39 is 31.4 Å². The van der Waals surface area contributed by atoms with Gasteiger partial charge in [0, 0.05) is 0 Å². The number of amides is 1. The van der Waals surface area contributed by atoms with E-state index in [0.29, 0.717) is 0 Å². The third-order valence-electron chi connectivity index (χ3n) is 2.81. The first-order valence-electron chi connectivity index (χ1n) is 6.52. The van der Waals surface area contributed by atoms with Crippen LogP contribution in [0.2, 0.25) is 0 Å². The Bertz CT molecular complexity index is 565. The minimum atomic E-state index is -4.09. The second kappa shape index (κ2) is 7.93. The van der Waals surface area contributed by atoms with Gasteiger partial charge in [0.1, 0.15) is 18.4 Å². The number of benzene rings is 1. The van der Waals surface area contributed by atoms with Crippen molar-refractivity contribution in [3.8, 4) is 0 Å². The van der Waals surface area contributed by atoms with Crippen LogP contribution < -0.4 is 10.4 Å². The summed E-state index contributed by atoms with van der Waals surface area (Å²) in [6.45, 7) is 2.53. The van der Waals surface area contributed by atoms with Crippen LogP contribution in [0, 0.1) is 0 Å². The number of carboxylic acid groups (broad SMARTS) is 1. The topological polar surface area (TPSA) is 125 Å². The van der Waals surface area contributed by atoms with Crippen molar-refractivity contribution in [3.05, 3.63) is 35.9 Å². The predicted octanol–water partition coefficient (Wildman–Crippen LogP) is 1.51. The van der Waals surface area contributed by atoms with Crippen molar-refractivity contribution in [2.45, 2.75) is 32.3 Å². The van der Waals surface area contributed by atoms with Crippen molar-refractivity contribution in [1.82, 2.24) is 10.4 Å². The van der Waals surface area contributed by atoms with Crippen molar-refractivity contribution in [3.63, 3.8) is 0 Å². The maximum atomic E-state index is 11.9. The highest BCUT2D eigenvalue weighted by atomic mass is 31.2. The van der Waals surface area contributed by atoms with Crippen LogP contribution >= 0.6 is 7.52 Å². The first-order chi connectivity index (χ1) is 10.2. The molecule has 0 saturated carbocycles. The van der Waals surface area contributed by atoms with Crippen LogP contribution in [-0.4, -0.2) is 33.9 Å². The Kier molecular flexibility index (Phi) is 6.55. The molecule has 0 aromatic heterocycles. The van der Waals surface area contributed by atoms with E-state index in [1.54, 1.807) is 24.3 Å². The molecule has 9 heteroatoms. The molecule has 0 spiro atoms. The molecule has 3 unspecified atom stereocenters. The van der Waals surface area contributed by atoms with Crippen molar-refractivity contribution >= 4 is 19.6 Å². The molecule has 0 saturated heterocycles. The molecule has 0 aliphatic heterocycles. The first-order valence-corrected chi connectivity index (χ1v) is 8.25. The van der Waals surface area contributed by atoms with E-state index in [0.717, 1.165) is 5.56 Å². The second-order valence-electron chi connectivity index (χ2n) is 4.69. The smallest absolute Gasteiger partial charge is 0.408 e. The van der Waals surface area contributed by atoms with Crippen LogP contribution in [0.15, 0.2) is 30.3 Å². The number of hydrogen-bond donors (Lipinski definition) is 4. The normalized spacial score (nSPS) is 16.1. The number of aliphatic carboxylic acids is 1. The zero-order chi connectivity index (χ0) is 16.8. The van der Waals surface area contributed by atoms with Crippen LogP contribution in [0.5, 0.6) is 0 Å². The van der Waals surface area contributed by atoms with Gasteiger partial charge in [0.15, 0.2) is 0 Å². The van der Waals surface area contributed by atoms with E-state index in [4.69, 9.17) is 9.84 Å². The number of carbonyl (C=O) groups is 2. The minimum Gasteiger partial charge on any atom is -0.480 e. The fourth-order valence-electron chi connectivity index (χ4n) is 1.47. The number of carbonyl (C=O) groups excluding carboxylic acids is 1. The zero-order valence-electron chi connectivity index (χ0n) is 12.2. The van der Waals surface area contributed by atoms with Gasteiger partial charge in [-0.15, -0.1) is 0 Å². The minimum absolute atomic E-state index is 0.0219. The summed E-state index contributed by atoms with van der Waals surface area (Å²) in [5.41, 5.74) is 0.773. The summed E-state index contributed by atoms with van der Waals surface area (Å²) in [7, 11) is -4.09. The van der Waals surface area contributed by atoms with Gasteiger partial charge in [-0.25, -0.2) is 9.88 Å². The van der Waals surface area contributed by atoms with Crippen molar-refractivity contribution in [2.24, 2.45) is 0 Å². The summed E-state index contributed by atoms with van der Waals surface area (Å²) in [6.07, 6.45) is -0.865. The average Bonchev–Trinajstić information content (AvgIpc) is 2.45. The molecule has 1 amide bonds. The Morgan fingerprint density at radius 2 is 1.86 bits per heavy atom. The summed E-state index contributed by atoms with van der Waals surface area (Å²) in [5, 5.41) is 13.0. The molecule has 0 heterocycles. The molecule has 0 aliphatic rings.